The molecule has 0 heterocycles. The van der Waals surface area contributed by atoms with Gasteiger partial charge in [0.05, 0.1) is 11.1 Å². The Morgan fingerprint density at radius 3 is 1.21 bits per heavy atom. The van der Waals surface area contributed by atoms with E-state index in [4.69, 9.17) is 0 Å². The van der Waals surface area contributed by atoms with Crippen LogP contribution in [0.4, 0.5) is 34.1 Å². The van der Waals surface area contributed by atoms with Crippen LogP contribution in [0.15, 0.2) is 178 Å². The first-order valence-electron chi connectivity index (χ1n) is 21.8. The second kappa shape index (κ2) is 23.4. The maximum atomic E-state index is 12.9. The smallest absolute Gasteiger partial charge is 0.259 e. The van der Waals surface area contributed by atoms with Crippen LogP contribution in [0, 0.1) is 0 Å². The third-order valence-electron chi connectivity index (χ3n) is 10.8. The number of hydrogen-bond donors (Lipinski definition) is 6. The van der Waals surface area contributed by atoms with Gasteiger partial charge in [0.15, 0.2) is 11.5 Å². The molecule has 8 aromatic carbocycles. The SMILES string of the molecule is CCCCc1ccc(N=Nc2c(O)c(C(=O)Nc3ccccc3)cc3ccccc23)c(O)c1.CCCCc1ccc(N=Nc2c(O)c(C(=O)Nc3ccccc3)cc3ccccc23)c(O)c1.[Fe]. The van der Waals surface area contributed by atoms with Gasteiger partial charge in [0.1, 0.15) is 34.2 Å². The molecule has 340 valence electrons. The number of hydrogen-bond acceptors (Lipinski definition) is 10. The van der Waals surface area contributed by atoms with Crippen LogP contribution in [-0.4, -0.2) is 32.2 Å². The Labute approximate surface area is 399 Å². The van der Waals surface area contributed by atoms with Crippen molar-refractivity contribution in [3.63, 3.8) is 0 Å². The van der Waals surface area contributed by atoms with Crippen molar-refractivity contribution in [3.8, 4) is 23.0 Å². The summed E-state index contributed by atoms with van der Waals surface area (Å²) in [4.78, 5) is 25.8. The summed E-state index contributed by atoms with van der Waals surface area (Å²) in [5.74, 6) is -1.41. The molecule has 67 heavy (non-hydrogen) atoms. The quantitative estimate of drug-likeness (QED) is 0.0465. The summed E-state index contributed by atoms with van der Waals surface area (Å²) in [6, 6.07) is 46.5. The van der Waals surface area contributed by atoms with Crippen LogP contribution in [-0.2, 0) is 29.9 Å². The first kappa shape index (κ1) is 48.6. The molecule has 0 aliphatic carbocycles. The van der Waals surface area contributed by atoms with Gasteiger partial charge >= 0.3 is 0 Å². The van der Waals surface area contributed by atoms with E-state index >= 15 is 0 Å². The number of phenols is 4. The number of anilines is 2. The molecule has 8 aromatic rings. The van der Waals surface area contributed by atoms with Crippen LogP contribution in [0.3, 0.4) is 0 Å². The Hall–Kier alpha value is -7.86. The second-order valence-corrected chi connectivity index (χ2v) is 15.6. The van der Waals surface area contributed by atoms with Crippen LogP contribution < -0.4 is 10.6 Å². The molecule has 13 heteroatoms. The summed E-state index contributed by atoms with van der Waals surface area (Å²) in [6.45, 7) is 4.24. The van der Waals surface area contributed by atoms with Gasteiger partial charge in [0, 0.05) is 39.2 Å². The molecule has 6 N–H and O–H groups in total. The molecule has 2 amide bonds. The first-order chi connectivity index (χ1) is 32.1. The van der Waals surface area contributed by atoms with Crippen molar-refractivity contribution in [1.29, 1.82) is 0 Å². The Kier molecular flexibility index (Phi) is 16.9. The fourth-order valence-corrected chi connectivity index (χ4v) is 7.21. The molecule has 0 radical (unpaired) electrons. The van der Waals surface area contributed by atoms with Crippen LogP contribution >= 0.6 is 0 Å². The zero-order valence-corrected chi connectivity index (χ0v) is 38.1. The van der Waals surface area contributed by atoms with Crippen LogP contribution in [0.5, 0.6) is 23.0 Å². The number of rotatable bonds is 14. The summed E-state index contributed by atoms with van der Waals surface area (Å²) in [6.07, 6.45) is 5.98. The number of carbonyl (C=O) groups excluding carboxylic acids is 2. The maximum Gasteiger partial charge on any atom is 0.259 e. The third-order valence-corrected chi connectivity index (χ3v) is 10.8. The number of phenolic OH excluding ortho intramolecular Hbond substituents is 4. The maximum absolute atomic E-state index is 12.9. The molecular weight excluding hydrogens is 884 g/mol. The largest absolute Gasteiger partial charge is 0.506 e. The average Bonchev–Trinajstić information content (AvgIpc) is 3.33. The van der Waals surface area contributed by atoms with E-state index in [2.05, 4.69) is 44.9 Å². The minimum atomic E-state index is -0.455. The van der Waals surface area contributed by atoms with E-state index < -0.39 is 11.8 Å². The number of nitrogens with zero attached hydrogens (tertiary/aromatic N) is 4. The Balaban J connectivity index is 0.000000218. The first-order valence-corrected chi connectivity index (χ1v) is 21.8. The summed E-state index contributed by atoms with van der Waals surface area (Å²) >= 11 is 0. The number of unbranched alkanes of at least 4 members (excludes halogenated alkanes) is 2. The fraction of sp³-hybridized carbons (Fsp3) is 0.148. The molecular formula is C54H50FeN6O6. The summed E-state index contributed by atoms with van der Waals surface area (Å²) in [7, 11) is 0. The van der Waals surface area contributed by atoms with E-state index in [9.17, 15) is 30.0 Å². The predicted molar refractivity (Wildman–Crippen MR) is 262 cm³/mol. The number of amides is 2. The third kappa shape index (κ3) is 12.3. The summed E-state index contributed by atoms with van der Waals surface area (Å²) in [5.41, 5.74) is 4.38. The van der Waals surface area contributed by atoms with Crippen molar-refractivity contribution >= 4 is 67.5 Å². The number of aromatic hydroxyl groups is 4. The van der Waals surface area contributed by atoms with E-state index in [1.54, 1.807) is 72.8 Å². The molecule has 0 saturated heterocycles. The minimum Gasteiger partial charge on any atom is -0.506 e. The molecule has 12 nitrogen and oxygen atoms in total. The van der Waals surface area contributed by atoms with Crippen LogP contribution in [0.1, 0.15) is 71.4 Å². The van der Waals surface area contributed by atoms with E-state index in [0.717, 1.165) is 60.4 Å². The van der Waals surface area contributed by atoms with Gasteiger partial charge in [-0.1, -0.05) is 124 Å². The van der Waals surface area contributed by atoms with Gasteiger partial charge in [-0.05, 0) is 108 Å². The number of benzene rings is 8. The zero-order chi connectivity index (χ0) is 46.4. The number of carbonyl (C=O) groups is 2. The molecule has 0 spiro atoms. The zero-order valence-electron chi connectivity index (χ0n) is 37.0. The van der Waals surface area contributed by atoms with Crippen LogP contribution in [0.25, 0.3) is 21.5 Å². The topological polar surface area (TPSA) is 189 Å². The monoisotopic (exact) mass is 934 g/mol. The Morgan fingerprint density at radius 1 is 0.463 bits per heavy atom. The molecule has 0 bridgehead atoms. The summed E-state index contributed by atoms with van der Waals surface area (Å²) < 4.78 is 0. The Bertz CT molecular complexity index is 2850. The van der Waals surface area contributed by atoms with Crippen molar-refractivity contribution in [3.05, 3.63) is 180 Å². The van der Waals surface area contributed by atoms with Gasteiger partial charge in [0.25, 0.3) is 11.8 Å². The number of fused-ring (bicyclic) bond motifs is 2. The summed E-state index contributed by atoms with van der Waals surface area (Å²) in [5, 5.41) is 67.8. The molecule has 8 rings (SSSR count). The fourth-order valence-electron chi connectivity index (χ4n) is 7.21. The molecule has 0 atom stereocenters. The van der Waals surface area contributed by atoms with Gasteiger partial charge in [-0.3, -0.25) is 9.59 Å². The second-order valence-electron chi connectivity index (χ2n) is 15.6. The molecule has 0 aromatic heterocycles. The van der Waals surface area contributed by atoms with Gasteiger partial charge < -0.3 is 31.1 Å². The van der Waals surface area contributed by atoms with E-state index in [0.29, 0.717) is 22.1 Å². The van der Waals surface area contributed by atoms with Gasteiger partial charge in [-0.25, -0.2) is 0 Å². The van der Waals surface area contributed by atoms with E-state index in [1.165, 1.54) is 0 Å². The number of nitrogens with one attached hydrogen (secondary N) is 2. The molecule has 0 saturated carbocycles. The van der Waals surface area contributed by atoms with Crippen molar-refractivity contribution in [1.82, 2.24) is 0 Å². The van der Waals surface area contributed by atoms with E-state index in [1.807, 2.05) is 84.9 Å². The minimum absolute atomic E-state index is 0. The number of aryl methyl sites for hydroxylation is 2. The van der Waals surface area contributed by atoms with Crippen molar-refractivity contribution in [2.75, 3.05) is 10.6 Å². The van der Waals surface area contributed by atoms with Crippen molar-refractivity contribution in [2.45, 2.75) is 52.4 Å². The molecule has 0 aliphatic heterocycles. The van der Waals surface area contributed by atoms with Crippen molar-refractivity contribution < 1.29 is 47.1 Å². The van der Waals surface area contributed by atoms with Crippen molar-refractivity contribution in [2.24, 2.45) is 20.5 Å². The normalized spacial score (nSPS) is 11.0. The molecule has 0 unspecified atom stereocenters. The van der Waals surface area contributed by atoms with Gasteiger partial charge in [0.2, 0.25) is 0 Å². The molecule has 0 aliphatic rings. The van der Waals surface area contributed by atoms with E-state index in [-0.39, 0.29) is 73.9 Å². The Morgan fingerprint density at radius 2 is 0.836 bits per heavy atom. The molecule has 0 fully saturated rings. The standard InChI is InChI=1S/2C27H25N3O3.Fe/c2*1-2-3-9-18-14-15-23(24(31)16-18)29-30-25-21-13-8-7-10-19(21)17-22(26(25)32)27(33)28-20-11-5-4-6-12-20;/h2*4-8,10-17,31-32H,2-3,9H2,1H3,(H,28,33);. The van der Waals surface area contributed by atoms with Crippen LogP contribution in [0.2, 0.25) is 0 Å². The van der Waals surface area contributed by atoms with Gasteiger partial charge in [-0.15, -0.1) is 20.5 Å². The average molecular weight is 935 g/mol. The number of para-hydroxylation sites is 2. The number of azo groups is 2. The van der Waals surface area contributed by atoms with Gasteiger partial charge in [-0.2, -0.15) is 0 Å². The predicted octanol–water partition coefficient (Wildman–Crippen LogP) is 14.5.